The second-order valence-electron chi connectivity index (χ2n) is 4.58. The fourth-order valence-corrected chi connectivity index (χ4v) is 2.62. The molecule has 0 N–H and O–H groups in total. The molecule has 0 aromatic carbocycles. The van der Waals surface area contributed by atoms with Crippen molar-refractivity contribution in [1.82, 2.24) is 14.9 Å². The van der Waals surface area contributed by atoms with Crippen LogP contribution in [0.3, 0.4) is 0 Å². The Kier molecular flexibility index (Phi) is 3.18. The highest BCUT2D eigenvalue weighted by molar-refractivity contribution is 9.10. The minimum absolute atomic E-state index is 0.832. The van der Waals surface area contributed by atoms with Crippen LogP contribution in [-0.2, 0) is 19.5 Å². The Balaban J connectivity index is 1.73. The van der Waals surface area contributed by atoms with Crippen LogP contribution in [0, 0.1) is 6.92 Å². The number of hydrogen-bond acceptors (Lipinski definition) is 4. The highest BCUT2D eigenvalue weighted by Crippen LogP contribution is 2.20. The van der Waals surface area contributed by atoms with Gasteiger partial charge in [-0.15, -0.1) is 0 Å². The van der Waals surface area contributed by atoms with Crippen LogP contribution in [0.2, 0.25) is 0 Å². The van der Waals surface area contributed by atoms with Crippen LogP contribution in [0.15, 0.2) is 27.4 Å². The van der Waals surface area contributed by atoms with Gasteiger partial charge in [-0.3, -0.25) is 4.90 Å². The van der Waals surface area contributed by atoms with Gasteiger partial charge in [-0.05, 0) is 28.9 Å². The Bertz CT molecular complexity index is 567. The van der Waals surface area contributed by atoms with Crippen molar-refractivity contribution >= 4 is 15.9 Å². The van der Waals surface area contributed by atoms with Crippen LogP contribution in [0.4, 0.5) is 0 Å². The van der Waals surface area contributed by atoms with Gasteiger partial charge in [0.2, 0.25) is 0 Å². The van der Waals surface area contributed by atoms with Crippen LogP contribution < -0.4 is 0 Å². The van der Waals surface area contributed by atoms with Crippen molar-refractivity contribution in [2.45, 2.75) is 26.4 Å². The third kappa shape index (κ3) is 2.47. The number of aryl methyl sites for hydroxylation is 1. The number of rotatable bonds is 2. The Morgan fingerprint density at radius 2 is 2.39 bits per heavy atom. The zero-order valence-electron chi connectivity index (χ0n) is 10.2. The van der Waals surface area contributed by atoms with Crippen LogP contribution in [0.5, 0.6) is 0 Å². The molecule has 1 aliphatic heterocycles. The first-order chi connectivity index (χ1) is 8.70. The van der Waals surface area contributed by atoms with Gasteiger partial charge in [0.25, 0.3) is 0 Å². The van der Waals surface area contributed by atoms with E-state index in [2.05, 4.69) is 30.8 Å². The summed E-state index contributed by atoms with van der Waals surface area (Å²) in [5, 5.41) is 0. The molecule has 5 heteroatoms. The standard InChI is InChI=1S/C13H14BrN3O/c1-9-15-5-10-6-17(3-2-13(10)16-9)7-12-4-11(14)8-18-12/h4-5,8H,2-3,6-7H2,1H3. The molecule has 0 saturated heterocycles. The molecule has 2 aromatic heterocycles. The highest BCUT2D eigenvalue weighted by atomic mass is 79.9. The van der Waals surface area contributed by atoms with Crippen LogP contribution >= 0.6 is 15.9 Å². The largest absolute Gasteiger partial charge is 0.467 e. The number of fused-ring (bicyclic) bond motifs is 1. The normalized spacial score (nSPS) is 15.7. The van der Waals surface area contributed by atoms with Gasteiger partial charge < -0.3 is 4.42 Å². The molecule has 1 aliphatic rings. The number of halogens is 1. The van der Waals surface area contributed by atoms with E-state index in [0.717, 1.165) is 42.1 Å². The zero-order chi connectivity index (χ0) is 12.5. The van der Waals surface area contributed by atoms with Crippen molar-refractivity contribution in [3.05, 3.63) is 45.8 Å². The average molecular weight is 308 g/mol. The first-order valence-electron chi connectivity index (χ1n) is 5.97. The van der Waals surface area contributed by atoms with Crippen molar-refractivity contribution in [3.8, 4) is 0 Å². The summed E-state index contributed by atoms with van der Waals surface area (Å²) in [6, 6.07) is 2.02. The van der Waals surface area contributed by atoms with Crippen LogP contribution in [0.25, 0.3) is 0 Å². The van der Waals surface area contributed by atoms with Gasteiger partial charge in [-0.1, -0.05) is 0 Å². The Labute approximate surface area is 114 Å². The molecular weight excluding hydrogens is 294 g/mol. The van der Waals surface area contributed by atoms with E-state index in [4.69, 9.17) is 4.42 Å². The second-order valence-corrected chi connectivity index (χ2v) is 5.50. The molecule has 94 valence electrons. The van der Waals surface area contributed by atoms with E-state index in [0.29, 0.717) is 0 Å². The molecule has 0 aliphatic carbocycles. The molecule has 2 aromatic rings. The summed E-state index contributed by atoms with van der Waals surface area (Å²) in [7, 11) is 0. The van der Waals surface area contributed by atoms with E-state index >= 15 is 0 Å². The van der Waals surface area contributed by atoms with Gasteiger partial charge in [-0.25, -0.2) is 9.97 Å². The lowest BCUT2D eigenvalue weighted by atomic mass is 10.1. The van der Waals surface area contributed by atoms with Gasteiger partial charge >= 0.3 is 0 Å². The summed E-state index contributed by atoms with van der Waals surface area (Å²) in [6.07, 6.45) is 4.65. The average Bonchev–Trinajstić information content (AvgIpc) is 2.75. The molecule has 0 atom stereocenters. The maximum atomic E-state index is 5.45. The van der Waals surface area contributed by atoms with Gasteiger partial charge in [0, 0.05) is 37.0 Å². The van der Waals surface area contributed by atoms with Crippen LogP contribution in [-0.4, -0.2) is 21.4 Å². The van der Waals surface area contributed by atoms with E-state index < -0.39 is 0 Å². The van der Waals surface area contributed by atoms with E-state index in [1.54, 1.807) is 6.26 Å². The lowest BCUT2D eigenvalue weighted by Gasteiger charge is -2.26. The number of aromatic nitrogens is 2. The van der Waals surface area contributed by atoms with Gasteiger partial charge in [0.05, 0.1) is 11.0 Å². The first-order valence-corrected chi connectivity index (χ1v) is 6.76. The topological polar surface area (TPSA) is 42.2 Å². The SMILES string of the molecule is Cc1ncc2c(n1)CCN(Cc1cc(Br)co1)C2. The van der Waals surface area contributed by atoms with Gasteiger partial charge in [-0.2, -0.15) is 0 Å². The van der Waals surface area contributed by atoms with Crippen molar-refractivity contribution in [2.75, 3.05) is 6.54 Å². The number of furan rings is 1. The smallest absolute Gasteiger partial charge is 0.125 e. The summed E-state index contributed by atoms with van der Waals surface area (Å²) in [5.41, 5.74) is 2.43. The predicted octanol–water partition coefficient (Wildman–Crippen LogP) is 2.70. The maximum absolute atomic E-state index is 5.45. The number of hydrogen-bond donors (Lipinski definition) is 0. The third-order valence-electron chi connectivity index (χ3n) is 3.13. The molecule has 4 nitrogen and oxygen atoms in total. The molecule has 18 heavy (non-hydrogen) atoms. The van der Waals surface area contributed by atoms with E-state index in [9.17, 15) is 0 Å². The molecule has 0 saturated carbocycles. The Morgan fingerprint density at radius 1 is 1.50 bits per heavy atom. The second kappa shape index (κ2) is 4.82. The predicted molar refractivity (Wildman–Crippen MR) is 71.0 cm³/mol. The molecule has 0 spiro atoms. The fraction of sp³-hybridized carbons (Fsp3) is 0.385. The number of nitrogens with zero attached hydrogens (tertiary/aromatic N) is 3. The molecule has 0 radical (unpaired) electrons. The minimum atomic E-state index is 0.832. The van der Waals surface area contributed by atoms with Gasteiger partial charge in [0.15, 0.2) is 0 Å². The third-order valence-corrected chi connectivity index (χ3v) is 3.55. The van der Waals surface area contributed by atoms with Crippen LogP contribution in [0.1, 0.15) is 22.8 Å². The monoisotopic (exact) mass is 307 g/mol. The fourth-order valence-electron chi connectivity index (χ4n) is 2.27. The summed E-state index contributed by atoms with van der Waals surface area (Å²) < 4.78 is 6.45. The lowest BCUT2D eigenvalue weighted by Crippen LogP contribution is -2.30. The molecule has 0 bridgehead atoms. The molecule has 3 heterocycles. The molecule has 0 fully saturated rings. The van der Waals surface area contributed by atoms with Crippen molar-refractivity contribution in [3.63, 3.8) is 0 Å². The first kappa shape index (κ1) is 11.9. The quantitative estimate of drug-likeness (QED) is 0.855. The van der Waals surface area contributed by atoms with Crippen molar-refractivity contribution < 1.29 is 4.42 Å². The molecule has 3 rings (SSSR count). The van der Waals surface area contributed by atoms with Crippen molar-refractivity contribution in [1.29, 1.82) is 0 Å². The molecule has 0 unspecified atom stereocenters. The van der Waals surface area contributed by atoms with E-state index in [1.165, 1.54) is 11.3 Å². The maximum Gasteiger partial charge on any atom is 0.125 e. The summed E-state index contributed by atoms with van der Waals surface area (Å²) in [6.45, 7) is 4.68. The summed E-state index contributed by atoms with van der Waals surface area (Å²) >= 11 is 3.40. The highest BCUT2D eigenvalue weighted by Gasteiger charge is 2.18. The van der Waals surface area contributed by atoms with Gasteiger partial charge in [0.1, 0.15) is 17.8 Å². The Morgan fingerprint density at radius 3 is 3.17 bits per heavy atom. The Hall–Kier alpha value is -1.20. The van der Waals surface area contributed by atoms with E-state index in [1.807, 2.05) is 19.2 Å². The van der Waals surface area contributed by atoms with Crippen molar-refractivity contribution in [2.24, 2.45) is 0 Å². The molecule has 0 amide bonds. The minimum Gasteiger partial charge on any atom is -0.467 e. The van der Waals surface area contributed by atoms with E-state index in [-0.39, 0.29) is 0 Å². The summed E-state index contributed by atoms with van der Waals surface area (Å²) in [4.78, 5) is 11.1. The summed E-state index contributed by atoms with van der Waals surface area (Å²) in [5.74, 6) is 1.84. The zero-order valence-corrected chi connectivity index (χ0v) is 11.8. The lowest BCUT2D eigenvalue weighted by molar-refractivity contribution is 0.223. The molecular formula is C13H14BrN3O.